The summed E-state index contributed by atoms with van der Waals surface area (Å²) in [5, 5.41) is 1.82. The third-order valence-electron chi connectivity index (χ3n) is 3.70. The lowest BCUT2D eigenvalue weighted by Crippen LogP contribution is -2.29. The normalized spacial score (nSPS) is 12.5. The van der Waals surface area contributed by atoms with Gasteiger partial charge in [-0.05, 0) is 47.9 Å². The molecule has 0 saturated carbocycles. The minimum Gasteiger partial charge on any atom is -0.271 e. The molecule has 0 bridgehead atoms. The van der Waals surface area contributed by atoms with Gasteiger partial charge in [-0.3, -0.25) is 10.8 Å². The molecule has 0 fully saturated rings. The molecule has 0 aliphatic carbocycles. The fourth-order valence-electron chi connectivity index (χ4n) is 2.69. The summed E-state index contributed by atoms with van der Waals surface area (Å²) in [6.45, 7) is 2.04. The molecule has 1 unspecified atom stereocenters. The van der Waals surface area contributed by atoms with Gasteiger partial charge in [-0.25, -0.2) is 5.43 Å². The highest BCUT2D eigenvalue weighted by molar-refractivity contribution is 6.30. The Balaban J connectivity index is 2.18. The number of aromatic nitrogens is 1. The second kappa shape index (κ2) is 5.82. The highest BCUT2D eigenvalue weighted by Crippen LogP contribution is 2.30. The first-order valence-corrected chi connectivity index (χ1v) is 7.14. The summed E-state index contributed by atoms with van der Waals surface area (Å²) in [6, 6.07) is 15.8. The first kappa shape index (κ1) is 14.0. The van der Waals surface area contributed by atoms with Crippen LogP contribution >= 0.6 is 11.6 Å². The van der Waals surface area contributed by atoms with Gasteiger partial charge in [0.25, 0.3) is 0 Å². The maximum Gasteiger partial charge on any atom is 0.0719 e. The van der Waals surface area contributed by atoms with Gasteiger partial charge in [0.15, 0.2) is 0 Å². The van der Waals surface area contributed by atoms with Gasteiger partial charge in [0.1, 0.15) is 0 Å². The van der Waals surface area contributed by atoms with Crippen LogP contribution in [0, 0.1) is 6.92 Å². The molecule has 1 atom stereocenters. The number of halogens is 1. The third-order valence-corrected chi connectivity index (χ3v) is 3.94. The van der Waals surface area contributed by atoms with Gasteiger partial charge < -0.3 is 0 Å². The minimum atomic E-state index is -0.102. The van der Waals surface area contributed by atoms with Crippen LogP contribution in [0.15, 0.2) is 54.7 Å². The molecule has 0 spiro atoms. The quantitative estimate of drug-likeness (QED) is 0.572. The van der Waals surface area contributed by atoms with Crippen LogP contribution in [0.4, 0.5) is 0 Å². The SMILES string of the molecule is Cc1cc(Cl)ccc1C(NN)c1cccc2ncccc12. The van der Waals surface area contributed by atoms with E-state index in [9.17, 15) is 0 Å². The lowest BCUT2D eigenvalue weighted by molar-refractivity contribution is 0.637. The Bertz CT molecular complexity index is 781. The molecule has 2 aromatic carbocycles. The van der Waals surface area contributed by atoms with Gasteiger partial charge in [0, 0.05) is 16.6 Å². The van der Waals surface area contributed by atoms with E-state index in [2.05, 4.69) is 22.5 Å². The molecular weight excluding hydrogens is 282 g/mol. The van der Waals surface area contributed by atoms with Crippen LogP contribution in [-0.4, -0.2) is 4.98 Å². The number of rotatable bonds is 3. The maximum absolute atomic E-state index is 6.04. The van der Waals surface area contributed by atoms with Gasteiger partial charge in [-0.2, -0.15) is 0 Å². The molecule has 0 aliphatic heterocycles. The van der Waals surface area contributed by atoms with Crippen LogP contribution in [0.5, 0.6) is 0 Å². The Morgan fingerprint density at radius 2 is 1.95 bits per heavy atom. The van der Waals surface area contributed by atoms with Gasteiger partial charge in [-0.1, -0.05) is 35.9 Å². The van der Waals surface area contributed by atoms with Gasteiger partial charge in [0.2, 0.25) is 0 Å². The summed E-state index contributed by atoms with van der Waals surface area (Å²) in [7, 11) is 0. The molecule has 3 aromatic rings. The summed E-state index contributed by atoms with van der Waals surface area (Å²) < 4.78 is 0. The molecule has 1 heterocycles. The van der Waals surface area contributed by atoms with Crippen LogP contribution in [0.1, 0.15) is 22.7 Å². The summed E-state index contributed by atoms with van der Waals surface area (Å²) in [6.07, 6.45) is 1.80. The lowest BCUT2D eigenvalue weighted by atomic mass is 9.93. The van der Waals surface area contributed by atoms with E-state index in [-0.39, 0.29) is 6.04 Å². The fourth-order valence-corrected chi connectivity index (χ4v) is 2.92. The molecule has 3 N–H and O–H groups in total. The molecule has 3 rings (SSSR count). The average molecular weight is 298 g/mol. The van der Waals surface area contributed by atoms with E-state index in [0.29, 0.717) is 0 Å². The van der Waals surface area contributed by atoms with Gasteiger partial charge >= 0.3 is 0 Å². The van der Waals surface area contributed by atoms with E-state index in [4.69, 9.17) is 17.4 Å². The Morgan fingerprint density at radius 3 is 2.71 bits per heavy atom. The van der Waals surface area contributed by atoms with Crippen molar-refractivity contribution in [1.82, 2.24) is 10.4 Å². The zero-order valence-corrected chi connectivity index (χ0v) is 12.4. The summed E-state index contributed by atoms with van der Waals surface area (Å²) >= 11 is 6.04. The van der Waals surface area contributed by atoms with Crippen molar-refractivity contribution in [2.75, 3.05) is 0 Å². The predicted octanol–water partition coefficient (Wildman–Crippen LogP) is 3.75. The minimum absolute atomic E-state index is 0.102. The van der Waals surface area contributed by atoms with E-state index < -0.39 is 0 Å². The Labute approximate surface area is 128 Å². The van der Waals surface area contributed by atoms with Gasteiger partial charge in [-0.15, -0.1) is 0 Å². The molecule has 21 heavy (non-hydrogen) atoms. The van der Waals surface area contributed by atoms with E-state index in [1.165, 1.54) is 0 Å². The van der Waals surface area contributed by atoms with Crippen LogP contribution in [-0.2, 0) is 0 Å². The zero-order chi connectivity index (χ0) is 14.8. The zero-order valence-electron chi connectivity index (χ0n) is 11.7. The number of nitrogens with zero attached hydrogens (tertiary/aromatic N) is 1. The van der Waals surface area contributed by atoms with Gasteiger partial charge in [0.05, 0.1) is 11.6 Å². The van der Waals surface area contributed by atoms with Crippen molar-refractivity contribution < 1.29 is 0 Å². The summed E-state index contributed by atoms with van der Waals surface area (Å²) in [5.74, 6) is 5.83. The Morgan fingerprint density at radius 1 is 1.10 bits per heavy atom. The first-order chi connectivity index (χ1) is 10.2. The Hall–Kier alpha value is -1.94. The largest absolute Gasteiger partial charge is 0.271 e. The summed E-state index contributed by atoms with van der Waals surface area (Å²) in [5.41, 5.74) is 7.19. The number of hydrogen-bond acceptors (Lipinski definition) is 3. The molecule has 0 radical (unpaired) electrons. The number of nitrogens with one attached hydrogen (secondary N) is 1. The fraction of sp³-hybridized carbons (Fsp3) is 0.118. The molecule has 0 amide bonds. The second-order valence-corrected chi connectivity index (χ2v) is 5.45. The van der Waals surface area contributed by atoms with Crippen LogP contribution in [0.2, 0.25) is 5.02 Å². The van der Waals surface area contributed by atoms with Crippen molar-refractivity contribution >= 4 is 22.5 Å². The summed E-state index contributed by atoms with van der Waals surface area (Å²) in [4.78, 5) is 4.40. The number of hydrogen-bond donors (Lipinski definition) is 2. The van der Waals surface area contributed by atoms with Crippen LogP contribution in [0.25, 0.3) is 10.9 Å². The third kappa shape index (κ3) is 2.63. The molecule has 3 nitrogen and oxygen atoms in total. The molecule has 0 aliphatic rings. The standard InChI is InChI=1S/C17H16ClN3/c1-11-10-12(18)7-8-13(11)17(21-19)15-4-2-6-16-14(15)5-3-9-20-16/h2-10,17,21H,19H2,1H3. The molecule has 0 saturated heterocycles. The van der Waals surface area contributed by atoms with E-state index in [1.54, 1.807) is 6.20 Å². The monoisotopic (exact) mass is 297 g/mol. The number of fused-ring (bicyclic) bond motifs is 1. The lowest BCUT2D eigenvalue weighted by Gasteiger charge is -2.20. The molecule has 1 aromatic heterocycles. The molecule has 4 heteroatoms. The second-order valence-electron chi connectivity index (χ2n) is 5.02. The highest BCUT2D eigenvalue weighted by atomic mass is 35.5. The van der Waals surface area contributed by atoms with Crippen molar-refractivity contribution in [3.8, 4) is 0 Å². The number of pyridine rings is 1. The van der Waals surface area contributed by atoms with Crippen molar-refractivity contribution in [2.45, 2.75) is 13.0 Å². The number of nitrogens with two attached hydrogens (primary N) is 1. The average Bonchev–Trinajstić information content (AvgIpc) is 2.50. The molecule has 106 valence electrons. The topological polar surface area (TPSA) is 50.9 Å². The number of aryl methyl sites for hydroxylation is 1. The van der Waals surface area contributed by atoms with E-state index >= 15 is 0 Å². The molecular formula is C17H16ClN3. The number of benzene rings is 2. The van der Waals surface area contributed by atoms with Crippen molar-refractivity contribution in [3.05, 3.63) is 76.4 Å². The first-order valence-electron chi connectivity index (χ1n) is 6.76. The van der Waals surface area contributed by atoms with Crippen molar-refractivity contribution in [1.29, 1.82) is 0 Å². The van der Waals surface area contributed by atoms with E-state index in [0.717, 1.165) is 32.6 Å². The van der Waals surface area contributed by atoms with Crippen molar-refractivity contribution in [3.63, 3.8) is 0 Å². The van der Waals surface area contributed by atoms with Crippen molar-refractivity contribution in [2.24, 2.45) is 5.84 Å². The van der Waals surface area contributed by atoms with Crippen LogP contribution in [0.3, 0.4) is 0 Å². The smallest absolute Gasteiger partial charge is 0.0719 e. The Kier molecular flexibility index (Phi) is 3.88. The number of hydrazine groups is 1. The van der Waals surface area contributed by atoms with E-state index in [1.807, 2.05) is 43.3 Å². The van der Waals surface area contributed by atoms with Crippen LogP contribution < -0.4 is 11.3 Å². The maximum atomic E-state index is 6.04. The highest BCUT2D eigenvalue weighted by Gasteiger charge is 2.17. The predicted molar refractivity (Wildman–Crippen MR) is 87.1 cm³/mol.